The predicted octanol–water partition coefficient (Wildman–Crippen LogP) is 2.00. The Morgan fingerprint density at radius 1 is 1.50 bits per heavy atom. The molecule has 16 heavy (non-hydrogen) atoms. The van der Waals surface area contributed by atoms with Crippen LogP contribution in [0.3, 0.4) is 0 Å². The number of thiophene rings is 1. The Labute approximate surface area is 98.5 Å². The van der Waals surface area contributed by atoms with E-state index in [2.05, 4.69) is 16.2 Å². The fourth-order valence-corrected chi connectivity index (χ4v) is 2.09. The fourth-order valence-electron chi connectivity index (χ4n) is 1.39. The normalized spacial score (nSPS) is 11.9. The van der Waals surface area contributed by atoms with Gasteiger partial charge in [0.05, 0.1) is 0 Å². The largest absolute Gasteiger partial charge is 0.339 e. The van der Waals surface area contributed by atoms with E-state index in [1.165, 1.54) is 4.88 Å². The van der Waals surface area contributed by atoms with Gasteiger partial charge < -0.3 is 10.3 Å². The molecule has 2 aromatic heterocycles. The molecule has 0 saturated carbocycles. The lowest BCUT2D eigenvalue weighted by Crippen LogP contribution is -2.34. The van der Waals surface area contributed by atoms with Crippen LogP contribution in [0.25, 0.3) is 0 Å². The average Bonchev–Trinajstić information content (AvgIpc) is 2.75. The lowest BCUT2D eigenvalue weighted by atomic mass is 10.0. The molecule has 0 radical (unpaired) electrons. The maximum Gasteiger partial charge on any atom is 0.228 e. The molecule has 2 N–H and O–H groups in total. The van der Waals surface area contributed by atoms with Crippen LogP contribution in [0, 0.1) is 0 Å². The van der Waals surface area contributed by atoms with Crippen LogP contribution in [0.15, 0.2) is 22.0 Å². The van der Waals surface area contributed by atoms with Crippen LogP contribution < -0.4 is 5.73 Å². The van der Waals surface area contributed by atoms with Crippen molar-refractivity contribution < 1.29 is 4.52 Å². The molecule has 0 aliphatic heterocycles. The molecule has 2 heterocycles. The van der Waals surface area contributed by atoms with Crippen LogP contribution in [0.4, 0.5) is 0 Å². The first kappa shape index (κ1) is 11.3. The lowest BCUT2D eigenvalue weighted by Gasteiger charge is -2.14. The van der Waals surface area contributed by atoms with E-state index in [9.17, 15) is 0 Å². The van der Waals surface area contributed by atoms with Crippen LogP contribution in [0.1, 0.15) is 30.4 Å². The van der Waals surface area contributed by atoms with Crippen LogP contribution >= 0.6 is 11.3 Å². The highest BCUT2D eigenvalue weighted by Crippen LogP contribution is 2.14. The van der Waals surface area contributed by atoms with Crippen molar-refractivity contribution in [3.05, 3.63) is 34.1 Å². The summed E-state index contributed by atoms with van der Waals surface area (Å²) in [6.07, 6.45) is 1.33. The number of hydrogen-bond donors (Lipinski definition) is 1. The summed E-state index contributed by atoms with van der Waals surface area (Å²) in [7, 11) is 0. The van der Waals surface area contributed by atoms with E-state index in [0.29, 0.717) is 12.3 Å². The third kappa shape index (κ3) is 3.15. The Bertz CT molecular complexity index is 442. The zero-order valence-electron chi connectivity index (χ0n) is 9.43. The molecule has 0 saturated heterocycles. The molecule has 0 aliphatic carbocycles. The first-order valence-electron chi connectivity index (χ1n) is 5.16. The highest BCUT2D eigenvalue weighted by atomic mass is 32.1. The van der Waals surface area contributed by atoms with Gasteiger partial charge in [-0.05, 0) is 25.3 Å². The first-order chi connectivity index (χ1) is 7.53. The topological polar surface area (TPSA) is 64.9 Å². The Morgan fingerprint density at radius 2 is 2.31 bits per heavy atom. The molecule has 0 aromatic carbocycles. The zero-order valence-corrected chi connectivity index (χ0v) is 10.3. The van der Waals surface area contributed by atoms with Gasteiger partial charge in [0.15, 0.2) is 5.82 Å². The summed E-state index contributed by atoms with van der Waals surface area (Å²) in [5.41, 5.74) is 5.57. The van der Waals surface area contributed by atoms with E-state index >= 15 is 0 Å². The van der Waals surface area contributed by atoms with Crippen molar-refractivity contribution in [1.29, 1.82) is 0 Å². The smallest absolute Gasteiger partial charge is 0.228 e. The second-order valence-corrected chi connectivity index (χ2v) is 5.56. The van der Waals surface area contributed by atoms with Gasteiger partial charge in [0.25, 0.3) is 0 Å². The van der Waals surface area contributed by atoms with Gasteiger partial charge in [-0.25, -0.2) is 0 Å². The molecule has 0 bridgehead atoms. The van der Waals surface area contributed by atoms with Gasteiger partial charge in [0.1, 0.15) is 0 Å². The van der Waals surface area contributed by atoms with Crippen molar-refractivity contribution in [2.75, 3.05) is 0 Å². The first-order valence-corrected chi connectivity index (χ1v) is 6.04. The molecule has 86 valence electrons. The van der Waals surface area contributed by atoms with Gasteiger partial charge >= 0.3 is 0 Å². The molecule has 2 rings (SSSR count). The van der Waals surface area contributed by atoms with Gasteiger partial charge in [-0.15, -0.1) is 11.3 Å². The van der Waals surface area contributed by atoms with E-state index in [1.807, 2.05) is 25.3 Å². The van der Waals surface area contributed by atoms with E-state index in [0.717, 1.165) is 12.2 Å². The van der Waals surface area contributed by atoms with Gasteiger partial charge in [-0.1, -0.05) is 11.2 Å². The molecule has 4 nitrogen and oxygen atoms in total. The molecule has 0 spiro atoms. The number of nitrogens with two attached hydrogens (primary N) is 1. The molecule has 0 fully saturated rings. The second kappa shape index (κ2) is 4.35. The molecule has 5 heteroatoms. The van der Waals surface area contributed by atoms with Crippen molar-refractivity contribution in [2.24, 2.45) is 5.73 Å². The third-order valence-electron chi connectivity index (χ3n) is 2.03. The summed E-state index contributed by atoms with van der Waals surface area (Å²) in [6, 6.07) is 4.08. The minimum atomic E-state index is -0.313. The predicted molar refractivity (Wildman–Crippen MR) is 63.4 cm³/mol. The lowest BCUT2D eigenvalue weighted by molar-refractivity contribution is 0.345. The summed E-state index contributed by atoms with van der Waals surface area (Å²) < 4.78 is 5.15. The minimum absolute atomic E-state index is 0.313. The maximum atomic E-state index is 5.89. The third-order valence-corrected chi connectivity index (χ3v) is 2.91. The van der Waals surface area contributed by atoms with Crippen molar-refractivity contribution >= 4 is 11.3 Å². The summed E-state index contributed by atoms with van der Waals surface area (Å²) in [5.74, 6) is 1.33. The van der Waals surface area contributed by atoms with Crippen molar-refractivity contribution in [2.45, 2.75) is 32.2 Å². The Hall–Kier alpha value is -1.20. The summed E-state index contributed by atoms with van der Waals surface area (Å²) in [5, 5.41) is 5.98. The van der Waals surface area contributed by atoms with Crippen molar-refractivity contribution in [3.8, 4) is 0 Å². The fraction of sp³-hybridized carbons (Fsp3) is 0.455. The van der Waals surface area contributed by atoms with E-state index in [4.69, 9.17) is 10.3 Å². The van der Waals surface area contributed by atoms with E-state index in [-0.39, 0.29) is 5.54 Å². The highest BCUT2D eigenvalue weighted by molar-refractivity contribution is 7.09. The standard InChI is InChI=1S/C11H15N3OS/c1-11(2,12)7-10-13-9(14-15-10)6-8-4-3-5-16-8/h3-5H,6-7,12H2,1-2H3. The zero-order chi connectivity index (χ0) is 11.6. The van der Waals surface area contributed by atoms with Crippen LogP contribution in [-0.4, -0.2) is 15.7 Å². The molecular weight excluding hydrogens is 222 g/mol. The molecule has 0 atom stereocenters. The molecular formula is C11H15N3OS. The summed E-state index contributed by atoms with van der Waals surface area (Å²) in [6.45, 7) is 3.88. The maximum absolute atomic E-state index is 5.89. The number of nitrogens with zero attached hydrogens (tertiary/aromatic N) is 2. The van der Waals surface area contributed by atoms with Crippen LogP contribution in [0.5, 0.6) is 0 Å². The quantitative estimate of drug-likeness (QED) is 0.883. The van der Waals surface area contributed by atoms with E-state index < -0.39 is 0 Å². The van der Waals surface area contributed by atoms with Gasteiger partial charge in [0.2, 0.25) is 5.89 Å². The van der Waals surface area contributed by atoms with Crippen LogP contribution in [0.2, 0.25) is 0 Å². The molecule has 0 unspecified atom stereocenters. The highest BCUT2D eigenvalue weighted by Gasteiger charge is 2.17. The van der Waals surface area contributed by atoms with Crippen LogP contribution in [-0.2, 0) is 12.8 Å². The van der Waals surface area contributed by atoms with Gasteiger partial charge in [0, 0.05) is 23.3 Å². The molecule has 2 aromatic rings. The molecule has 0 aliphatic rings. The minimum Gasteiger partial charge on any atom is -0.339 e. The van der Waals surface area contributed by atoms with Crippen molar-refractivity contribution in [3.63, 3.8) is 0 Å². The van der Waals surface area contributed by atoms with Gasteiger partial charge in [-0.2, -0.15) is 4.98 Å². The Morgan fingerprint density at radius 3 is 2.94 bits per heavy atom. The number of hydrogen-bond acceptors (Lipinski definition) is 5. The average molecular weight is 237 g/mol. The second-order valence-electron chi connectivity index (χ2n) is 4.53. The van der Waals surface area contributed by atoms with E-state index in [1.54, 1.807) is 11.3 Å². The Kier molecular flexibility index (Phi) is 3.07. The Balaban J connectivity index is 2.03. The molecule has 0 amide bonds. The monoisotopic (exact) mass is 237 g/mol. The number of rotatable bonds is 4. The van der Waals surface area contributed by atoms with Crippen molar-refractivity contribution in [1.82, 2.24) is 10.1 Å². The SMILES string of the molecule is CC(C)(N)Cc1nc(Cc2cccs2)no1. The van der Waals surface area contributed by atoms with Gasteiger partial charge in [-0.3, -0.25) is 0 Å². The summed E-state index contributed by atoms with van der Waals surface area (Å²) >= 11 is 1.69. The number of aromatic nitrogens is 2. The summed E-state index contributed by atoms with van der Waals surface area (Å²) in [4.78, 5) is 5.55.